The van der Waals surface area contributed by atoms with Gasteiger partial charge in [0.15, 0.2) is 0 Å². The van der Waals surface area contributed by atoms with Crippen LogP contribution in [0.25, 0.3) is 0 Å². The van der Waals surface area contributed by atoms with E-state index < -0.39 is 0 Å². The number of aliphatic hydroxyl groups is 1. The minimum absolute atomic E-state index is 0.00643. The lowest BCUT2D eigenvalue weighted by molar-refractivity contribution is -0.123. The van der Waals surface area contributed by atoms with E-state index in [0.29, 0.717) is 6.54 Å². The Morgan fingerprint density at radius 3 is 2.43 bits per heavy atom. The topological polar surface area (TPSA) is 55.8 Å². The van der Waals surface area contributed by atoms with Gasteiger partial charge in [-0.25, -0.2) is 0 Å². The summed E-state index contributed by atoms with van der Waals surface area (Å²) in [5.74, 6) is -0.00643. The van der Waals surface area contributed by atoms with Crippen molar-refractivity contribution in [2.24, 2.45) is 0 Å². The van der Waals surface area contributed by atoms with Crippen LogP contribution in [0.3, 0.4) is 0 Å². The first-order chi connectivity index (χ1) is 10.2. The lowest BCUT2D eigenvalue weighted by atomic mass is 10.2. The summed E-state index contributed by atoms with van der Waals surface area (Å²) in [7, 11) is 0. The molecule has 1 aliphatic heterocycles. The van der Waals surface area contributed by atoms with Crippen LogP contribution in [0.4, 0.5) is 0 Å². The molecule has 1 unspecified atom stereocenters. The third-order valence-corrected chi connectivity index (χ3v) is 3.76. The molecule has 2 N–H and O–H groups in total. The number of benzene rings is 1. The fourth-order valence-electron chi connectivity index (χ4n) is 2.52. The van der Waals surface area contributed by atoms with Crippen molar-refractivity contribution in [2.75, 3.05) is 39.3 Å². The molecule has 0 saturated carbocycles. The van der Waals surface area contributed by atoms with Gasteiger partial charge in [-0.3, -0.25) is 14.6 Å². The van der Waals surface area contributed by atoms with E-state index in [1.807, 2.05) is 6.07 Å². The molecular formula is C16H25N3O2. The van der Waals surface area contributed by atoms with E-state index in [9.17, 15) is 4.79 Å². The van der Waals surface area contributed by atoms with Crippen LogP contribution >= 0.6 is 0 Å². The lowest BCUT2D eigenvalue weighted by Gasteiger charge is -2.34. The predicted molar refractivity (Wildman–Crippen MR) is 82.8 cm³/mol. The number of aliphatic hydroxyl groups excluding tert-OH is 1. The van der Waals surface area contributed by atoms with Crippen LogP contribution < -0.4 is 5.32 Å². The Morgan fingerprint density at radius 1 is 1.19 bits per heavy atom. The highest BCUT2D eigenvalue weighted by Crippen LogP contribution is 2.08. The largest absolute Gasteiger partial charge is 0.394 e. The second-order valence-electron chi connectivity index (χ2n) is 5.69. The molecule has 0 aromatic heterocycles. The average molecular weight is 291 g/mol. The van der Waals surface area contributed by atoms with E-state index in [1.54, 1.807) is 6.92 Å². The van der Waals surface area contributed by atoms with Gasteiger partial charge in [0.2, 0.25) is 5.91 Å². The van der Waals surface area contributed by atoms with Gasteiger partial charge in [0, 0.05) is 38.8 Å². The first-order valence-corrected chi connectivity index (χ1v) is 7.56. The molecule has 1 aromatic carbocycles. The number of nitrogens with zero attached hydrogens (tertiary/aromatic N) is 2. The van der Waals surface area contributed by atoms with E-state index in [1.165, 1.54) is 5.56 Å². The second kappa shape index (κ2) is 8.12. The summed E-state index contributed by atoms with van der Waals surface area (Å²) in [6.45, 7) is 6.97. The van der Waals surface area contributed by atoms with Gasteiger partial charge in [-0.05, 0) is 12.5 Å². The van der Waals surface area contributed by atoms with Crippen LogP contribution in [0.1, 0.15) is 12.5 Å². The van der Waals surface area contributed by atoms with Crippen molar-refractivity contribution < 1.29 is 9.90 Å². The van der Waals surface area contributed by atoms with E-state index in [-0.39, 0.29) is 18.6 Å². The number of hydrogen-bond acceptors (Lipinski definition) is 4. The van der Waals surface area contributed by atoms with Crippen molar-refractivity contribution >= 4 is 5.91 Å². The summed E-state index contributed by atoms with van der Waals surface area (Å²) in [6, 6.07) is 10.3. The van der Waals surface area contributed by atoms with E-state index >= 15 is 0 Å². The average Bonchev–Trinajstić information content (AvgIpc) is 2.50. The number of carbonyl (C=O) groups excluding carboxylic acids is 1. The van der Waals surface area contributed by atoms with Crippen LogP contribution in [0.15, 0.2) is 30.3 Å². The Kier molecular flexibility index (Phi) is 6.17. The number of nitrogens with one attached hydrogen (secondary N) is 1. The highest BCUT2D eigenvalue weighted by atomic mass is 16.3. The standard InChI is InChI=1S/C16H25N3O2/c1-14(13-20)17-16(21)12-19-9-7-18(8-10-19)11-15-5-3-2-4-6-15/h2-6,14,20H,7-13H2,1H3,(H,17,21). The van der Waals surface area contributed by atoms with Gasteiger partial charge in [-0.15, -0.1) is 0 Å². The van der Waals surface area contributed by atoms with E-state index in [4.69, 9.17) is 5.11 Å². The monoisotopic (exact) mass is 291 g/mol. The molecule has 1 fully saturated rings. The molecule has 1 heterocycles. The SMILES string of the molecule is CC(CO)NC(=O)CN1CCN(Cc2ccccc2)CC1. The number of rotatable bonds is 6. The van der Waals surface area contributed by atoms with Crippen molar-refractivity contribution in [1.29, 1.82) is 0 Å². The third kappa shape index (κ3) is 5.46. The number of carbonyl (C=O) groups is 1. The quantitative estimate of drug-likeness (QED) is 0.791. The van der Waals surface area contributed by atoms with Crippen molar-refractivity contribution in [1.82, 2.24) is 15.1 Å². The molecule has 1 atom stereocenters. The molecule has 21 heavy (non-hydrogen) atoms. The highest BCUT2D eigenvalue weighted by Gasteiger charge is 2.19. The Hall–Kier alpha value is -1.43. The van der Waals surface area contributed by atoms with Crippen molar-refractivity contribution in [3.05, 3.63) is 35.9 Å². The van der Waals surface area contributed by atoms with E-state index in [0.717, 1.165) is 32.7 Å². The van der Waals surface area contributed by atoms with Gasteiger partial charge in [0.05, 0.1) is 13.2 Å². The minimum Gasteiger partial charge on any atom is -0.394 e. The van der Waals surface area contributed by atoms with Gasteiger partial charge in [-0.1, -0.05) is 30.3 Å². The van der Waals surface area contributed by atoms with Gasteiger partial charge in [0.25, 0.3) is 0 Å². The highest BCUT2D eigenvalue weighted by molar-refractivity contribution is 5.78. The minimum atomic E-state index is -0.170. The van der Waals surface area contributed by atoms with Crippen LogP contribution in [0.2, 0.25) is 0 Å². The van der Waals surface area contributed by atoms with Crippen molar-refractivity contribution in [3.63, 3.8) is 0 Å². The molecule has 2 rings (SSSR count). The maximum atomic E-state index is 11.8. The zero-order valence-electron chi connectivity index (χ0n) is 12.7. The second-order valence-corrected chi connectivity index (χ2v) is 5.69. The number of piperazine rings is 1. The molecule has 0 bridgehead atoms. The van der Waals surface area contributed by atoms with Crippen LogP contribution in [0.5, 0.6) is 0 Å². The lowest BCUT2D eigenvalue weighted by Crippen LogP contribution is -2.50. The first kappa shape index (κ1) is 15.9. The molecule has 1 aromatic rings. The van der Waals surface area contributed by atoms with Gasteiger partial charge >= 0.3 is 0 Å². The molecule has 116 valence electrons. The fraction of sp³-hybridized carbons (Fsp3) is 0.562. The molecule has 1 aliphatic rings. The zero-order valence-corrected chi connectivity index (χ0v) is 12.7. The first-order valence-electron chi connectivity index (χ1n) is 7.56. The smallest absolute Gasteiger partial charge is 0.234 e. The van der Waals surface area contributed by atoms with Gasteiger partial charge in [0.1, 0.15) is 0 Å². The van der Waals surface area contributed by atoms with Crippen molar-refractivity contribution in [3.8, 4) is 0 Å². The summed E-state index contributed by atoms with van der Waals surface area (Å²) < 4.78 is 0. The molecule has 0 radical (unpaired) electrons. The molecule has 1 saturated heterocycles. The molecule has 5 heteroatoms. The molecule has 1 amide bonds. The van der Waals surface area contributed by atoms with Crippen molar-refractivity contribution in [2.45, 2.75) is 19.5 Å². The van der Waals surface area contributed by atoms with Gasteiger partial charge in [-0.2, -0.15) is 0 Å². The summed E-state index contributed by atoms with van der Waals surface area (Å²) >= 11 is 0. The van der Waals surface area contributed by atoms with E-state index in [2.05, 4.69) is 39.4 Å². The van der Waals surface area contributed by atoms with Crippen LogP contribution in [-0.4, -0.2) is 66.2 Å². The molecule has 0 spiro atoms. The summed E-state index contributed by atoms with van der Waals surface area (Å²) in [6.07, 6.45) is 0. The Labute approximate surface area is 126 Å². The third-order valence-electron chi connectivity index (χ3n) is 3.76. The molecule has 5 nitrogen and oxygen atoms in total. The Morgan fingerprint density at radius 2 is 1.81 bits per heavy atom. The fourth-order valence-corrected chi connectivity index (χ4v) is 2.52. The zero-order chi connectivity index (χ0) is 15.1. The normalized spacial score (nSPS) is 18.4. The molecule has 0 aliphatic carbocycles. The predicted octanol–water partition coefficient (Wildman–Crippen LogP) is 0.301. The summed E-state index contributed by atoms with van der Waals surface area (Å²) in [5.41, 5.74) is 1.33. The number of amides is 1. The maximum Gasteiger partial charge on any atom is 0.234 e. The van der Waals surface area contributed by atoms with Crippen LogP contribution in [0, 0.1) is 0 Å². The van der Waals surface area contributed by atoms with Crippen LogP contribution in [-0.2, 0) is 11.3 Å². The summed E-state index contributed by atoms with van der Waals surface area (Å²) in [5, 5.41) is 11.7. The number of hydrogen-bond donors (Lipinski definition) is 2. The van der Waals surface area contributed by atoms with Gasteiger partial charge < -0.3 is 10.4 Å². The Bertz CT molecular complexity index is 430. The summed E-state index contributed by atoms with van der Waals surface area (Å²) in [4.78, 5) is 16.4. The Balaban J connectivity index is 1.69. The maximum absolute atomic E-state index is 11.8. The molecular weight excluding hydrogens is 266 g/mol.